The molecule has 3 saturated heterocycles. The summed E-state index contributed by atoms with van der Waals surface area (Å²) < 4.78 is -0.620. The quantitative estimate of drug-likeness (QED) is 0.282. The summed E-state index contributed by atoms with van der Waals surface area (Å²) in [5, 5.41) is 15.5. The van der Waals surface area contributed by atoms with Crippen LogP contribution in [0.3, 0.4) is 0 Å². The number of aliphatic hydroxyl groups excluding tert-OH is 1. The lowest BCUT2D eigenvalue weighted by molar-refractivity contribution is -0.140. The first-order chi connectivity index (χ1) is 15.8. The van der Waals surface area contributed by atoms with Gasteiger partial charge in [0.15, 0.2) is 0 Å². The Kier molecular flexibility index (Phi) is 8.41. The van der Waals surface area contributed by atoms with Gasteiger partial charge in [-0.1, -0.05) is 43.6 Å². The highest BCUT2D eigenvalue weighted by atomic mass is 79.9. The van der Waals surface area contributed by atoms with Crippen molar-refractivity contribution in [3.05, 3.63) is 0 Å². The zero-order valence-electron chi connectivity index (χ0n) is 21.4. The monoisotopic (exact) mass is 559 g/mol. The topological polar surface area (TPSA) is 98.7 Å². The number of nitrogens with one attached hydrogen (secondary N) is 2. The Morgan fingerprint density at radius 3 is 2.47 bits per heavy atom. The Hall–Kier alpha value is -0.800. The van der Waals surface area contributed by atoms with Crippen molar-refractivity contribution in [2.45, 2.75) is 100 Å². The molecule has 3 N–H and O–H groups in total. The molecule has 3 heterocycles. The Labute approximate surface area is 217 Å². The van der Waals surface area contributed by atoms with Crippen LogP contribution >= 0.6 is 27.7 Å². The molecule has 3 fully saturated rings. The number of aliphatic hydroxyl groups is 1. The molecule has 1 spiro atoms. The molecular weight excluding hydrogens is 518 g/mol. The molecule has 3 aliphatic rings. The fourth-order valence-corrected chi connectivity index (χ4v) is 10.1. The molecule has 194 valence electrons. The number of hydrogen-bond donors (Lipinski definition) is 3. The summed E-state index contributed by atoms with van der Waals surface area (Å²) in [6.07, 6.45) is 3.51. The zero-order chi connectivity index (χ0) is 25.5. The van der Waals surface area contributed by atoms with E-state index < -0.39 is 28.2 Å². The summed E-state index contributed by atoms with van der Waals surface area (Å²) in [7, 11) is 0. The number of carbonyl (C=O) groups excluding carboxylic acids is 3. The number of unbranched alkanes of at least 4 members (excludes halogenated alkanes) is 1. The first kappa shape index (κ1) is 27.8. The maximum Gasteiger partial charge on any atom is 0.244 e. The van der Waals surface area contributed by atoms with E-state index in [1.165, 1.54) is 0 Å². The van der Waals surface area contributed by atoms with Crippen LogP contribution in [0.15, 0.2) is 0 Å². The smallest absolute Gasteiger partial charge is 0.244 e. The first-order valence-electron chi connectivity index (χ1n) is 12.6. The molecule has 0 aromatic carbocycles. The first-order valence-corrected chi connectivity index (χ1v) is 14.4. The minimum Gasteiger partial charge on any atom is -0.396 e. The van der Waals surface area contributed by atoms with Crippen LogP contribution in [0.4, 0.5) is 0 Å². The van der Waals surface area contributed by atoms with E-state index in [4.69, 9.17) is 0 Å². The van der Waals surface area contributed by atoms with Crippen LogP contribution in [0.2, 0.25) is 0 Å². The number of nitrogens with zero attached hydrogens (tertiary/aromatic N) is 1. The second-order valence-corrected chi connectivity index (χ2v) is 14.7. The number of rotatable bonds is 10. The average molecular weight is 561 g/mol. The van der Waals surface area contributed by atoms with Crippen molar-refractivity contribution >= 4 is 45.4 Å². The van der Waals surface area contributed by atoms with Crippen LogP contribution < -0.4 is 10.6 Å². The average Bonchev–Trinajstić information content (AvgIpc) is 3.27. The van der Waals surface area contributed by atoms with E-state index >= 15 is 0 Å². The molecule has 2 bridgehead atoms. The van der Waals surface area contributed by atoms with E-state index in [1.807, 2.05) is 20.8 Å². The number of hydrogen-bond acceptors (Lipinski definition) is 5. The maximum atomic E-state index is 13.9. The molecule has 0 radical (unpaired) electrons. The maximum absolute atomic E-state index is 13.9. The van der Waals surface area contributed by atoms with Gasteiger partial charge >= 0.3 is 0 Å². The molecule has 34 heavy (non-hydrogen) atoms. The molecule has 3 aliphatic heterocycles. The summed E-state index contributed by atoms with van der Waals surface area (Å²) in [4.78, 5) is 42.8. The molecule has 3 amide bonds. The van der Waals surface area contributed by atoms with Gasteiger partial charge in [0.1, 0.15) is 6.04 Å². The van der Waals surface area contributed by atoms with E-state index in [0.717, 1.165) is 12.8 Å². The summed E-state index contributed by atoms with van der Waals surface area (Å²) in [6, 6.07) is -0.623. The molecule has 0 aromatic heterocycles. The highest BCUT2D eigenvalue weighted by Crippen LogP contribution is 2.67. The fourth-order valence-electron chi connectivity index (χ4n) is 6.50. The second-order valence-electron chi connectivity index (χ2n) is 12.0. The highest BCUT2D eigenvalue weighted by Gasteiger charge is 2.75. The highest BCUT2D eigenvalue weighted by molar-refractivity contribution is 9.09. The van der Waals surface area contributed by atoms with Crippen LogP contribution in [-0.4, -0.2) is 73.8 Å². The van der Waals surface area contributed by atoms with E-state index in [0.29, 0.717) is 32.4 Å². The van der Waals surface area contributed by atoms with Crippen LogP contribution in [0.1, 0.15) is 73.6 Å². The summed E-state index contributed by atoms with van der Waals surface area (Å²) >= 11 is 5.46. The minimum absolute atomic E-state index is 0.0247. The van der Waals surface area contributed by atoms with Gasteiger partial charge in [-0.15, -0.1) is 11.8 Å². The molecular formula is C25H42BrN3O4S. The summed E-state index contributed by atoms with van der Waals surface area (Å²) in [6.45, 7) is 13.6. The van der Waals surface area contributed by atoms with Gasteiger partial charge in [0.25, 0.3) is 0 Å². The predicted molar refractivity (Wildman–Crippen MR) is 140 cm³/mol. The van der Waals surface area contributed by atoms with Gasteiger partial charge < -0.3 is 20.6 Å². The number of halogens is 1. The van der Waals surface area contributed by atoms with Gasteiger partial charge in [0.05, 0.1) is 16.6 Å². The SMILES string of the molecule is CCCNC(=O)[C@H]1[C@H]2C(=O)N(CCCCO)C(C(=O)NC(C)(C)CC(C)(C)C)C23CC(Br)[C@@H]1S3. The van der Waals surface area contributed by atoms with Crippen molar-refractivity contribution in [2.75, 3.05) is 19.7 Å². The molecule has 3 unspecified atom stereocenters. The van der Waals surface area contributed by atoms with Crippen molar-refractivity contribution in [3.63, 3.8) is 0 Å². The van der Waals surface area contributed by atoms with Gasteiger partial charge in [0, 0.05) is 35.3 Å². The minimum atomic E-state index is -0.623. The van der Waals surface area contributed by atoms with Gasteiger partial charge in [-0.25, -0.2) is 0 Å². The van der Waals surface area contributed by atoms with Crippen LogP contribution in [0.25, 0.3) is 0 Å². The number of fused-ring (bicyclic) bond motifs is 1. The number of carbonyl (C=O) groups is 3. The van der Waals surface area contributed by atoms with Gasteiger partial charge in [-0.2, -0.15) is 0 Å². The summed E-state index contributed by atoms with van der Waals surface area (Å²) in [5.74, 6) is -1.23. The third kappa shape index (κ3) is 5.31. The lowest BCUT2D eigenvalue weighted by Gasteiger charge is -2.39. The van der Waals surface area contributed by atoms with E-state index in [-0.39, 0.29) is 39.8 Å². The molecule has 9 heteroatoms. The molecule has 6 atom stereocenters. The van der Waals surface area contributed by atoms with Crippen LogP contribution in [0.5, 0.6) is 0 Å². The van der Waals surface area contributed by atoms with E-state index in [1.54, 1.807) is 16.7 Å². The molecule has 0 saturated carbocycles. The van der Waals surface area contributed by atoms with Crippen molar-refractivity contribution in [3.8, 4) is 0 Å². The van der Waals surface area contributed by atoms with E-state index in [9.17, 15) is 19.5 Å². The van der Waals surface area contributed by atoms with Crippen molar-refractivity contribution in [1.82, 2.24) is 15.5 Å². The largest absolute Gasteiger partial charge is 0.396 e. The summed E-state index contributed by atoms with van der Waals surface area (Å²) in [5.41, 5.74) is -0.398. The molecule has 3 rings (SSSR count). The zero-order valence-corrected chi connectivity index (χ0v) is 23.9. The Bertz CT molecular complexity index is 802. The number of likely N-dealkylation sites (tertiary alicyclic amines) is 1. The van der Waals surface area contributed by atoms with Gasteiger partial charge in [0.2, 0.25) is 17.7 Å². The Morgan fingerprint density at radius 2 is 1.88 bits per heavy atom. The van der Waals surface area contributed by atoms with Crippen LogP contribution in [0, 0.1) is 17.3 Å². The number of alkyl halides is 1. The fraction of sp³-hybridized carbons (Fsp3) is 0.880. The van der Waals surface area contributed by atoms with Gasteiger partial charge in [-0.3, -0.25) is 14.4 Å². The molecule has 0 aliphatic carbocycles. The third-order valence-corrected chi connectivity index (χ3v) is 10.4. The lowest BCUT2D eigenvalue weighted by atomic mass is 9.70. The normalized spacial score (nSPS) is 32.8. The van der Waals surface area contributed by atoms with Gasteiger partial charge in [-0.05, 0) is 51.4 Å². The molecule has 0 aromatic rings. The Balaban J connectivity index is 1.95. The van der Waals surface area contributed by atoms with Crippen molar-refractivity contribution < 1.29 is 19.5 Å². The number of amides is 3. The Morgan fingerprint density at radius 1 is 1.21 bits per heavy atom. The second kappa shape index (κ2) is 10.3. The van der Waals surface area contributed by atoms with E-state index in [2.05, 4.69) is 47.3 Å². The molecule has 7 nitrogen and oxygen atoms in total. The van der Waals surface area contributed by atoms with Crippen molar-refractivity contribution in [2.24, 2.45) is 17.3 Å². The standard InChI is InChI=1S/C25H42BrN3O4S/c1-7-10-27-20(31)16-17-22(33)29(11-8-9-12-30)19(25(17)13-15(26)18(16)34-25)21(32)28-24(5,6)14-23(2,3)4/h15-19,30H,7-14H2,1-6H3,(H,27,31)(H,28,32)/t15?,16-,17-,18-,19?,25?/m0/s1. The lowest BCUT2D eigenvalue weighted by Crippen LogP contribution is -2.58. The number of thioether (sulfide) groups is 1. The third-order valence-electron chi connectivity index (χ3n) is 7.13. The predicted octanol–water partition coefficient (Wildman–Crippen LogP) is 3.08. The van der Waals surface area contributed by atoms with Crippen LogP contribution in [-0.2, 0) is 14.4 Å². The van der Waals surface area contributed by atoms with Crippen molar-refractivity contribution in [1.29, 1.82) is 0 Å².